The number of fused-ring (bicyclic) bond motifs is 1. The molecule has 0 radical (unpaired) electrons. The third-order valence-electron chi connectivity index (χ3n) is 5.13. The molecule has 0 spiro atoms. The van der Waals surface area contributed by atoms with Crippen molar-refractivity contribution in [3.63, 3.8) is 0 Å². The molecule has 3 aromatic rings. The van der Waals surface area contributed by atoms with Crippen molar-refractivity contribution in [1.82, 2.24) is 15.3 Å². The molecule has 1 saturated heterocycles. The van der Waals surface area contributed by atoms with Crippen LogP contribution in [0.4, 0.5) is 5.13 Å². The number of benzene rings is 1. The van der Waals surface area contributed by atoms with E-state index in [9.17, 15) is 4.79 Å². The molecule has 4 rings (SSSR count). The Kier molecular flexibility index (Phi) is 5.80. The van der Waals surface area contributed by atoms with Gasteiger partial charge in [-0.05, 0) is 42.7 Å². The lowest BCUT2D eigenvalue weighted by molar-refractivity contribution is -0.125. The number of hydrogen-bond donors (Lipinski definition) is 1. The number of ether oxygens (including phenoxy) is 2. The first-order chi connectivity index (χ1) is 14.2. The monoisotopic (exact) mass is 412 g/mol. The maximum atomic E-state index is 12.8. The van der Waals surface area contributed by atoms with Gasteiger partial charge in [-0.15, -0.1) is 0 Å². The minimum absolute atomic E-state index is 0.0520. The Morgan fingerprint density at radius 3 is 2.93 bits per heavy atom. The Hall–Kier alpha value is -2.87. The average Bonchev–Trinajstić information content (AvgIpc) is 3.21. The van der Waals surface area contributed by atoms with E-state index in [1.165, 1.54) is 0 Å². The summed E-state index contributed by atoms with van der Waals surface area (Å²) < 4.78 is 10.6. The molecule has 1 aliphatic heterocycles. The highest BCUT2D eigenvalue weighted by Gasteiger charge is 2.27. The Morgan fingerprint density at radius 2 is 2.14 bits per heavy atom. The number of carbonyl (C=O) groups is 1. The number of carbonyl (C=O) groups excluding carboxylic acids is 1. The number of aromatic nitrogens is 2. The zero-order valence-electron chi connectivity index (χ0n) is 16.6. The second kappa shape index (κ2) is 8.65. The van der Waals surface area contributed by atoms with Gasteiger partial charge in [-0.2, -0.15) is 0 Å². The predicted molar refractivity (Wildman–Crippen MR) is 114 cm³/mol. The highest BCUT2D eigenvalue weighted by Crippen LogP contribution is 2.31. The van der Waals surface area contributed by atoms with Crippen LogP contribution in [0.5, 0.6) is 11.5 Å². The van der Waals surface area contributed by atoms with Crippen LogP contribution < -0.4 is 19.7 Å². The van der Waals surface area contributed by atoms with Crippen LogP contribution in [0.1, 0.15) is 18.4 Å². The van der Waals surface area contributed by atoms with Gasteiger partial charge in [-0.25, -0.2) is 9.97 Å². The first kappa shape index (κ1) is 19.4. The van der Waals surface area contributed by atoms with Crippen molar-refractivity contribution < 1.29 is 14.3 Å². The minimum atomic E-state index is -0.0520. The van der Waals surface area contributed by atoms with Gasteiger partial charge in [0.05, 0.1) is 20.1 Å². The van der Waals surface area contributed by atoms with Gasteiger partial charge < -0.3 is 19.7 Å². The van der Waals surface area contributed by atoms with Crippen molar-refractivity contribution in [2.24, 2.45) is 5.92 Å². The van der Waals surface area contributed by atoms with Gasteiger partial charge in [-0.1, -0.05) is 17.4 Å². The number of amides is 1. The van der Waals surface area contributed by atoms with Gasteiger partial charge in [0, 0.05) is 25.8 Å². The Morgan fingerprint density at radius 1 is 1.28 bits per heavy atom. The standard InChI is InChI=1S/C21H24N4O3S/c1-27-17-8-7-14(11-18(17)28-2)12-23-19(26)15-5-4-10-25(13-15)21-24-16-6-3-9-22-20(16)29-21/h3,6-9,11,15H,4-5,10,12-13H2,1-2H3,(H,23,26)/t15-/m1/s1. The molecule has 1 amide bonds. The van der Waals surface area contributed by atoms with E-state index in [0.29, 0.717) is 24.6 Å². The molecule has 7 nitrogen and oxygen atoms in total. The normalized spacial score (nSPS) is 16.6. The van der Waals surface area contributed by atoms with Gasteiger partial charge in [0.25, 0.3) is 0 Å². The summed E-state index contributed by atoms with van der Waals surface area (Å²) in [7, 11) is 3.21. The molecule has 1 aliphatic rings. The van der Waals surface area contributed by atoms with E-state index in [2.05, 4.69) is 20.2 Å². The number of piperidine rings is 1. The van der Waals surface area contributed by atoms with Crippen molar-refractivity contribution in [1.29, 1.82) is 0 Å². The van der Waals surface area contributed by atoms with Gasteiger partial charge in [-0.3, -0.25) is 4.79 Å². The second-order valence-corrected chi connectivity index (χ2v) is 7.97. The van der Waals surface area contributed by atoms with E-state index in [0.717, 1.165) is 40.4 Å². The van der Waals surface area contributed by atoms with Crippen LogP contribution in [0.2, 0.25) is 0 Å². The molecule has 2 aromatic heterocycles. The molecule has 0 saturated carbocycles. The van der Waals surface area contributed by atoms with Crippen LogP contribution in [0.3, 0.4) is 0 Å². The molecule has 1 N–H and O–H groups in total. The summed E-state index contributed by atoms with van der Waals surface area (Å²) in [6.07, 6.45) is 3.64. The van der Waals surface area contributed by atoms with E-state index in [4.69, 9.17) is 9.47 Å². The summed E-state index contributed by atoms with van der Waals surface area (Å²) in [5.74, 6) is 1.36. The molecular weight excluding hydrogens is 388 g/mol. The van der Waals surface area contributed by atoms with Gasteiger partial charge in [0.1, 0.15) is 10.3 Å². The number of hydrogen-bond acceptors (Lipinski definition) is 7. The molecule has 1 atom stereocenters. The predicted octanol–water partition coefficient (Wildman–Crippen LogP) is 3.24. The molecule has 1 fully saturated rings. The Labute approximate surface area is 173 Å². The average molecular weight is 413 g/mol. The van der Waals surface area contributed by atoms with Crippen LogP contribution in [-0.4, -0.2) is 43.2 Å². The number of thiazole rings is 1. The molecule has 3 heterocycles. The second-order valence-electron chi connectivity index (χ2n) is 7.02. The van der Waals surface area contributed by atoms with Crippen molar-refractivity contribution in [2.45, 2.75) is 19.4 Å². The molecule has 0 aliphatic carbocycles. The minimum Gasteiger partial charge on any atom is -0.493 e. The fourth-order valence-corrected chi connectivity index (χ4v) is 4.53. The smallest absolute Gasteiger partial charge is 0.225 e. The topological polar surface area (TPSA) is 76.6 Å². The summed E-state index contributed by atoms with van der Waals surface area (Å²) in [4.78, 5) is 25.0. The maximum Gasteiger partial charge on any atom is 0.225 e. The van der Waals surface area contributed by atoms with E-state index >= 15 is 0 Å². The number of anilines is 1. The molecular formula is C21H24N4O3S. The molecule has 152 valence electrons. The van der Waals surface area contributed by atoms with E-state index in [1.807, 2.05) is 30.3 Å². The fraction of sp³-hybridized carbons (Fsp3) is 0.381. The number of pyridine rings is 1. The van der Waals surface area contributed by atoms with E-state index in [1.54, 1.807) is 31.8 Å². The number of nitrogens with zero attached hydrogens (tertiary/aromatic N) is 3. The third-order valence-corrected chi connectivity index (χ3v) is 6.17. The van der Waals surface area contributed by atoms with Crippen LogP contribution in [0, 0.1) is 5.92 Å². The van der Waals surface area contributed by atoms with Crippen LogP contribution >= 0.6 is 11.3 Å². The highest BCUT2D eigenvalue weighted by molar-refractivity contribution is 7.21. The lowest BCUT2D eigenvalue weighted by Gasteiger charge is -2.31. The van der Waals surface area contributed by atoms with E-state index < -0.39 is 0 Å². The van der Waals surface area contributed by atoms with E-state index in [-0.39, 0.29) is 11.8 Å². The SMILES string of the molecule is COc1ccc(CNC(=O)[C@@H]2CCCN(c3nc4cccnc4s3)C2)cc1OC. The van der Waals surface area contributed by atoms with Crippen LogP contribution in [-0.2, 0) is 11.3 Å². The first-order valence-corrected chi connectivity index (χ1v) is 10.4. The van der Waals surface area contributed by atoms with Crippen molar-refractivity contribution in [2.75, 3.05) is 32.2 Å². The van der Waals surface area contributed by atoms with Gasteiger partial charge in [0.2, 0.25) is 5.91 Å². The van der Waals surface area contributed by atoms with Gasteiger partial charge in [0.15, 0.2) is 16.6 Å². The van der Waals surface area contributed by atoms with Crippen molar-refractivity contribution >= 4 is 32.7 Å². The number of nitrogens with one attached hydrogen (secondary N) is 1. The zero-order chi connectivity index (χ0) is 20.2. The zero-order valence-corrected chi connectivity index (χ0v) is 17.4. The molecule has 8 heteroatoms. The summed E-state index contributed by atoms with van der Waals surface area (Å²) >= 11 is 1.58. The third kappa shape index (κ3) is 4.27. The summed E-state index contributed by atoms with van der Waals surface area (Å²) in [5, 5.41) is 4.01. The quantitative estimate of drug-likeness (QED) is 0.670. The van der Waals surface area contributed by atoms with Crippen LogP contribution in [0.25, 0.3) is 10.3 Å². The van der Waals surface area contributed by atoms with Crippen LogP contribution in [0.15, 0.2) is 36.5 Å². The molecule has 0 unspecified atom stereocenters. The molecule has 29 heavy (non-hydrogen) atoms. The molecule has 1 aromatic carbocycles. The summed E-state index contributed by atoms with van der Waals surface area (Å²) in [6.45, 7) is 2.05. The summed E-state index contributed by atoms with van der Waals surface area (Å²) in [5.41, 5.74) is 1.88. The molecule has 0 bridgehead atoms. The fourth-order valence-electron chi connectivity index (χ4n) is 3.58. The maximum absolute atomic E-state index is 12.8. The Bertz CT molecular complexity index is 974. The lowest BCUT2D eigenvalue weighted by atomic mass is 9.97. The van der Waals surface area contributed by atoms with Gasteiger partial charge >= 0.3 is 0 Å². The highest BCUT2D eigenvalue weighted by atomic mass is 32.1. The number of rotatable bonds is 6. The van der Waals surface area contributed by atoms with Crippen molar-refractivity contribution in [3.05, 3.63) is 42.1 Å². The van der Waals surface area contributed by atoms with Crippen molar-refractivity contribution in [3.8, 4) is 11.5 Å². The first-order valence-electron chi connectivity index (χ1n) is 9.63. The lowest BCUT2D eigenvalue weighted by Crippen LogP contribution is -2.42. The summed E-state index contributed by atoms with van der Waals surface area (Å²) in [6, 6.07) is 9.54. The number of methoxy groups -OCH3 is 2. The Balaban J connectivity index is 1.38. The largest absolute Gasteiger partial charge is 0.493 e.